The molecule has 2 aromatic rings. The van der Waals surface area contributed by atoms with Crippen molar-refractivity contribution in [2.45, 2.75) is 30.8 Å². The smallest absolute Gasteiger partial charge is 0.240 e. The van der Waals surface area contributed by atoms with Gasteiger partial charge in [-0.1, -0.05) is 6.07 Å². The zero-order chi connectivity index (χ0) is 14.9. The van der Waals surface area contributed by atoms with Crippen LogP contribution in [0.2, 0.25) is 0 Å². The number of pyridine rings is 1. The molecule has 110 valence electrons. The lowest BCUT2D eigenvalue weighted by Gasteiger charge is -2.08. The van der Waals surface area contributed by atoms with E-state index in [-0.39, 0.29) is 6.54 Å². The number of sulfonamides is 1. The van der Waals surface area contributed by atoms with Gasteiger partial charge < -0.3 is 5.32 Å². The molecule has 0 fully saturated rings. The van der Waals surface area contributed by atoms with E-state index >= 15 is 0 Å². The quantitative estimate of drug-likeness (QED) is 0.905. The molecule has 3 rings (SSSR count). The van der Waals surface area contributed by atoms with Crippen molar-refractivity contribution in [1.82, 2.24) is 9.71 Å². The second-order valence-electron chi connectivity index (χ2n) is 5.25. The summed E-state index contributed by atoms with van der Waals surface area (Å²) in [7, 11) is -3.50. The molecule has 5 nitrogen and oxygen atoms in total. The Kier molecular flexibility index (Phi) is 3.65. The molecule has 0 amide bonds. The van der Waals surface area contributed by atoms with Gasteiger partial charge in [-0.05, 0) is 48.7 Å². The minimum Gasteiger partial charge on any atom is -0.382 e. The van der Waals surface area contributed by atoms with Crippen LogP contribution < -0.4 is 10.0 Å². The summed E-state index contributed by atoms with van der Waals surface area (Å²) in [5.41, 5.74) is 2.90. The predicted molar refractivity (Wildman–Crippen MR) is 81.5 cm³/mol. The molecule has 0 saturated carbocycles. The van der Waals surface area contributed by atoms with Crippen molar-refractivity contribution in [3.8, 4) is 0 Å². The Labute approximate surface area is 124 Å². The molecule has 6 heteroatoms. The lowest BCUT2D eigenvalue weighted by molar-refractivity contribution is 0.581. The lowest BCUT2D eigenvalue weighted by atomic mass is 10.1. The molecule has 0 aliphatic carbocycles. The summed E-state index contributed by atoms with van der Waals surface area (Å²) in [4.78, 5) is 4.28. The Morgan fingerprint density at radius 1 is 1.38 bits per heavy atom. The van der Waals surface area contributed by atoms with Gasteiger partial charge in [-0.15, -0.1) is 0 Å². The van der Waals surface area contributed by atoms with E-state index < -0.39 is 10.0 Å². The highest BCUT2D eigenvalue weighted by Gasteiger charge is 2.20. The molecule has 2 N–H and O–H groups in total. The molecule has 0 bridgehead atoms. The van der Waals surface area contributed by atoms with Crippen LogP contribution in [0.5, 0.6) is 0 Å². The first-order valence-corrected chi connectivity index (χ1v) is 8.31. The molecule has 0 unspecified atom stereocenters. The average molecular weight is 303 g/mol. The number of hydrogen-bond donors (Lipinski definition) is 2. The monoisotopic (exact) mass is 303 g/mol. The van der Waals surface area contributed by atoms with Crippen molar-refractivity contribution in [2.24, 2.45) is 0 Å². The fourth-order valence-corrected chi connectivity index (χ4v) is 3.53. The van der Waals surface area contributed by atoms with Crippen molar-refractivity contribution < 1.29 is 8.42 Å². The normalized spacial score (nSPS) is 17.3. The van der Waals surface area contributed by atoms with Gasteiger partial charge in [-0.2, -0.15) is 0 Å². The zero-order valence-electron chi connectivity index (χ0n) is 11.7. The van der Waals surface area contributed by atoms with Gasteiger partial charge in [-0.3, -0.25) is 4.98 Å². The van der Waals surface area contributed by atoms with Crippen molar-refractivity contribution in [1.29, 1.82) is 0 Å². The highest BCUT2D eigenvalue weighted by atomic mass is 32.2. The number of hydrogen-bond acceptors (Lipinski definition) is 4. The van der Waals surface area contributed by atoms with Crippen LogP contribution in [0.1, 0.15) is 18.1 Å². The molecule has 0 spiro atoms. The summed E-state index contributed by atoms with van der Waals surface area (Å²) < 4.78 is 27.3. The molecule has 0 radical (unpaired) electrons. The van der Waals surface area contributed by atoms with E-state index in [4.69, 9.17) is 0 Å². The van der Waals surface area contributed by atoms with E-state index in [9.17, 15) is 8.42 Å². The summed E-state index contributed by atoms with van der Waals surface area (Å²) in [5, 5.41) is 3.31. The number of nitrogens with zero attached hydrogens (tertiary/aromatic N) is 1. The first kappa shape index (κ1) is 14.0. The summed E-state index contributed by atoms with van der Waals surface area (Å²) in [6.07, 6.45) is 4.16. The maximum absolute atomic E-state index is 12.3. The van der Waals surface area contributed by atoms with E-state index in [0.717, 1.165) is 23.2 Å². The number of benzene rings is 1. The van der Waals surface area contributed by atoms with Gasteiger partial charge in [0, 0.05) is 30.7 Å². The van der Waals surface area contributed by atoms with E-state index in [2.05, 4.69) is 21.9 Å². The van der Waals surface area contributed by atoms with Crippen LogP contribution in [0.4, 0.5) is 5.69 Å². The van der Waals surface area contributed by atoms with E-state index in [0.29, 0.717) is 10.9 Å². The Hall–Kier alpha value is -1.92. The van der Waals surface area contributed by atoms with Crippen LogP contribution in [-0.2, 0) is 23.0 Å². The minimum atomic E-state index is -3.50. The van der Waals surface area contributed by atoms with Gasteiger partial charge in [0.25, 0.3) is 0 Å². The SMILES string of the molecule is C[C@@H]1Cc2cc(S(=O)(=O)NCc3cccnc3)ccc2N1. The third-order valence-corrected chi connectivity index (χ3v) is 4.90. The fraction of sp³-hybridized carbons (Fsp3) is 0.267. The zero-order valence-corrected chi connectivity index (χ0v) is 12.5. The number of fused-ring (bicyclic) bond motifs is 1. The van der Waals surface area contributed by atoms with E-state index in [1.54, 1.807) is 30.6 Å². The summed E-state index contributed by atoms with van der Waals surface area (Å²) in [6.45, 7) is 2.32. The molecule has 1 aromatic heterocycles. The molecule has 1 aliphatic heterocycles. The molecule has 21 heavy (non-hydrogen) atoms. The van der Waals surface area contributed by atoms with Gasteiger partial charge in [0.2, 0.25) is 10.0 Å². The van der Waals surface area contributed by atoms with Crippen molar-refractivity contribution in [3.63, 3.8) is 0 Å². The molecule has 0 saturated heterocycles. The molecular formula is C15H17N3O2S. The number of nitrogens with one attached hydrogen (secondary N) is 2. The topological polar surface area (TPSA) is 71.1 Å². The number of aromatic nitrogens is 1. The summed E-state index contributed by atoms with van der Waals surface area (Å²) in [5.74, 6) is 0. The first-order chi connectivity index (χ1) is 10.0. The van der Waals surface area contributed by atoms with Crippen molar-refractivity contribution in [3.05, 3.63) is 53.9 Å². The largest absolute Gasteiger partial charge is 0.382 e. The van der Waals surface area contributed by atoms with Gasteiger partial charge in [-0.25, -0.2) is 13.1 Å². The third kappa shape index (κ3) is 3.06. The maximum Gasteiger partial charge on any atom is 0.240 e. The highest BCUT2D eigenvalue weighted by molar-refractivity contribution is 7.89. The van der Waals surface area contributed by atoms with Gasteiger partial charge in [0.1, 0.15) is 0 Å². The van der Waals surface area contributed by atoms with Crippen LogP contribution in [0.15, 0.2) is 47.6 Å². The molecule has 1 aromatic carbocycles. The minimum absolute atomic E-state index is 0.238. The maximum atomic E-state index is 12.3. The Bertz CT molecular complexity index is 745. The summed E-state index contributed by atoms with van der Waals surface area (Å²) >= 11 is 0. The van der Waals surface area contributed by atoms with Crippen LogP contribution in [0.3, 0.4) is 0 Å². The van der Waals surface area contributed by atoms with Crippen LogP contribution in [0, 0.1) is 0 Å². The second kappa shape index (κ2) is 5.46. The van der Waals surface area contributed by atoms with Gasteiger partial charge in [0.15, 0.2) is 0 Å². The van der Waals surface area contributed by atoms with Crippen LogP contribution >= 0.6 is 0 Å². The Morgan fingerprint density at radius 3 is 3.00 bits per heavy atom. The highest BCUT2D eigenvalue weighted by Crippen LogP contribution is 2.28. The number of rotatable bonds is 4. The fourth-order valence-electron chi connectivity index (χ4n) is 2.46. The van der Waals surface area contributed by atoms with Gasteiger partial charge >= 0.3 is 0 Å². The average Bonchev–Trinajstić information content (AvgIpc) is 2.85. The molecule has 1 atom stereocenters. The summed E-state index contributed by atoms with van der Waals surface area (Å²) in [6, 6.07) is 9.18. The van der Waals surface area contributed by atoms with Crippen LogP contribution in [-0.4, -0.2) is 19.4 Å². The molecule has 2 heterocycles. The third-order valence-electron chi connectivity index (χ3n) is 3.50. The second-order valence-corrected chi connectivity index (χ2v) is 7.02. The first-order valence-electron chi connectivity index (χ1n) is 6.82. The Balaban J connectivity index is 1.78. The standard InChI is InChI=1S/C15H17N3O2S/c1-11-7-13-8-14(4-5-15(13)18-11)21(19,20)17-10-12-3-2-6-16-9-12/h2-6,8-9,11,17-18H,7,10H2,1H3/t11-/m1/s1. The van der Waals surface area contributed by atoms with Gasteiger partial charge in [0.05, 0.1) is 4.90 Å². The van der Waals surface area contributed by atoms with Crippen LogP contribution in [0.25, 0.3) is 0 Å². The molecule has 1 aliphatic rings. The Morgan fingerprint density at radius 2 is 2.24 bits per heavy atom. The predicted octanol–water partition coefficient (Wildman–Crippen LogP) is 1.92. The molecular weight excluding hydrogens is 286 g/mol. The van der Waals surface area contributed by atoms with E-state index in [1.807, 2.05) is 12.1 Å². The number of anilines is 1. The van der Waals surface area contributed by atoms with E-state index in [1.165, 1.54) is 0 Å². The van der Waals surface area contributed by atoms with Crippen molar-refractivity contribution >= 4 is 15.7 Å². The lowest BCUT2D eigenvalue weighted by Crippen LogP contribution is -2.23. The van der Waals surface area contributed by atoms with Crippen molar-refractivity contribution in [2.75, 3.05) is 5.32 Å².